The van der Waals surface area contributed by atoms with Gasteiger partial charge in [-0.15, -0.1) is 0 Å². The van der Waals surface area contributed by atoms with Gasteiger partial charge in [0.05, 0.1) is 13.7 Å². The van der Waals surface area contributed by atoms with Crippen LogP contribution in [0.4, 0.5) is 0 Å². The maximum Gasteiger partial charge on any atom is 0.119 e. The molecular weight excluding hydrogens is 202 g/mol. The van der Waals surface area contributed by atoms with Crippen molar-refractivity contribution in [2.75, 3.05) is 20.3 Å². The second-order valence-electron chi connectivity index (χ2n) is 4.88. The van der Waals surface area contributed by atoms with Crippen LogP contribution < -0.4 is 10.5 Å². The van der Waals surface area contributed by atoms with Crippen LogP contribution in [0.2, 0.25) is 0 Å². The fourth-order valence-corrected chi connectivity index (χ4v) is 2.60. The zero-order chi connectivity index (χ0) is 11.8. The Kier molecular flexibility index (Phi) is 2.68. The zero-order valence-corrected chi connectivity index (χ0v) is 9.86. The number of rotatable bonds is 4. The normalized spacial score (nSPS) is 32.5. The Balaban J connectivity index is 2.32. The lowest BCUT2D eigenvalue weighted by molar-refractivity contribution is 0.198. The maximum absolute atomic E-state index is 9.47. The molecule has 88 valence electrons. The number of aliphatic hydroxyl groups is 1. The van der Waals surface area contributed by atoms with Crippen molar-refractivity contribution in [1.29, 1.82) is 0 Å². The van der Waals surface area contributed by atoms with Crippen molar-refractivity contribution in [3.05, 3.63) is 29.8 Å². The molecule has 0 aliphatic heterocycles. The van der Waals surface area contributed by atoms with Crippen LogP contribution in [0, 0.1) is 5.41 Å². The smallest absolute Gasteiger partial charge is 0.119 e. The number of aliphatic hydroxyl groups excluding tert-OH is 1. The molecule has 1 aromatic carbocycles. The second kappa shape index (κ2) is 3.75. The number of hydrogen-bond acceptors (Lipinski definition) is 3. The van der Waals surface area contributed by atoms with E-state index in [2.05, 4.69) is 13.0 Å². The molecule has 1 saturated carbocycles. The first kappa shape index (κ1) is 11.4. The van der Waals surface area contributed by atoms with Gasteiger partial charge in [0.2, 0.25) is 0 Å². The van der Waals surface area contributed by atoms with E-state index in [0.717, 1.165) is 12.2 Å². The Morgan fingerprint density at radius 2 is 2.25 bits per heavy atom. The fourth-order valence-electron chi connectivity index (χ4n) is 2.60. The molecule has 3 nitrogen and oxygen atoms in total. The summed E-state index contributed by atoms with van der Waals surface area (Å²) in [6.07, 6.45) is 0.945. The lowest BCUT2D eigenvalue weighted by Crippen LogP contribution is -2.27. The van der Waals surface area contributed by atoms with E-state index in [0.29, 0.717) is 6.54 Å². The van der Waals surface area contributed by atoms with Crippen molar-refractivity contribution in [2.24, 2.45) is 11.1 Å². The van der Waals surface area contributed by atoms with Crippen molar-refractivity contribution in [3.63, 3.8) is 0 Å². The number of methoxy groups -OCH3 is 1. The Bertz CT molecular complexity index is 387. The van der Waals surface area contributed by atoms with Gasteiger partial charge in [-0.25, -0.2) is 0 Å². The topological polar surface area (TPSA) is 55.5 Å². The van der Waals surface area contributed by atoms with Gasteiger partial charge in [0, 0.05) is 17.4 Å². The summed E-state index contributed by atoms with van der Waals surface area (Å²) >= 11 is 0. The minimum Gasteiger partial charge on any atom is -0.497 e. The van der Waals surface area contributed by atoms with Crippen LogP contribution in [0.1, 0.15) is 18.9 Å². The summed E-state index contributed by atoms with van der Waals surface area (Å²) in [6, 6.07) is 8.03. The standard InChI is InChI=1S/C13H19NO2/c1-12(7-13(12,8-14)9-15)10-4-3-5-11(6-10)16-2/h3-6,15H,7-9,14H2,1-2H3. The average molecular weight is 221 g/mol. The molecule has 1 fully saturated rings. The van der Waals surface area contributed by atoms with Gasteiger partial charge in [0.1, 0.15) is 5.75 Å². The van der Waals surface area contributed by atoms with Crippen LogP contribution in [-0.2, 0) is 5.41 Å². The highest BCUT2D eigenvalue weighted by Gasteiger charge is 2.63. The van der Waals surface area contributed by atoms with Gasteiger partial charge in [-0.05, 0) is 24.1 Å². The largest absolute Gasteiger partial charge is 0.497 e. The fraction of sp³-hybridized carbons (Fsp3) is 0.538. The Labute approximate surface area is 96.2 Å². The molecule has 2 atom stereocenters. The lowest BCUT2D eigenvalue weighted by atomic mass is 9.88. The Morgan fingerprint density at radius 1 is 1.50 bits per heavy atom. The predicted octanol–water partition coefficient (Wildman–Crippen LogP) is 1.29. The highest BCUT2D eigenvalue weighted by molar-refractivity contribution is 5.41. The number of nitrogens with two attached hydrogens (primary N) is 1. The Hall–Kier alpha value is -1.06. The summed E-state index contributed by atoms with van der Waals surface area (Å²) in [5.74, 6) is 0.856. The van der Waals surface area contributed by atoms with E-state index in [4.69, 9.17) is 10.5 Å². The van der Waals surface area contributed by atoms with Gasteiger partial charge in [0.15, 0.2) is 0 Å². The first-order valence-corrected chi connectivity index (χ1v) is 5.57. The van der Waals surface area contributed by atoms with Crippen molar-refractivity contribution in [3.8, 4) is 5.75 Å². The van der Waals surface area contributed by atoms with Gasteiger partial charge in [-0.3, -0.25) is 0 Å². The van der Waals surface area contributed by atoms with E-state index >= 15 is 0 Å². The van der Waals surface area contributed by atoms with E-state index in [-0.39, 0.29) is 17.4 Å². The van der Waals surface area contributed by atoms with Crippen molar-refractivity contribution >= 4 is 0 Å². The highest BCUT2D eigenvalue weighted by Crippen LogP contribution is 2.63. The minimum absolute atomic E-state index is 0.00889. The third-order valence-corrected chi connectivity index (χ3v) is 4.14. The van der Waals surface area contributed by atoms with Crippen LogP contribution >= 0.6 is 0 Å². The minimum atomic E-state index is -0.140. The number of benzene rings is 1. The zero-order valence-electron chi connectivity index (χ0n) is 9.86. The van der Waals surface area contributed by atoms with Gasteiger partial charge in [-0.2, -0.15) is 0 Å². The number of hydrogen-bond donors (Lipinski definition) is 2. The molecule has 0 saturated heterocycles. The molecule has 16 heavy (non-hydrogen) atoms. The van der Waals surface area contributed by atoms with Crippen LogP contribution in [0.25, 0.3) is 0 Å². The summed E-state index contributed by atoms with van der Waals surface area (Å²) in [5.41, 5.74) is 6.82. The van der Waals surface area contributed by atoms with E-state index in [1.54, 1.807) is 7.11 Å². The molecule has 0 amide bonds. The van der Waals surface area contributed by atoms with Crippen LogP contribution in [0.15, 0.2) is 24.3 Å². The molecule has 1 aliphatic carbocycles. The van der Waals surface area contributed by atoms with Crippen LogP contribution in [0.3, 0.4) is 0 Å². The van der Waals surface area contributed by atoms with Crippen LogP contribution in [0.5, 0.6) is 5.75 Å². The third-order valence-electron chi connectivity index (χ3n) is 4.14. The summed E-state index contributed by atoms with van der Waals surface area (Å²) in [6.45, 7) is 2.83. The monoisotopic (exact) mass is 221 g/mol. The summed E-state index contributed by atoms with van der Waals surface area (Å²) < 4.78 is 5.22. The van der Waals surface area contributed by atoms with Gasteiger partial charge >= 0.3 is 0 Å². The predicted molar refractivity (Wildman–Crippen MR) is 63.5 cm³/mol. The first-order chi connectivity index (χ1) is 7.62. The highest BCUT2D eigenvalue weighted by atomic mass is 16.5. The maximum atomic E-state index is 9.47. The molecule has 2 unspecified atom stereocenters. The lowest BCUT2D eigenvalue weighted by Gasteiger charge is -2.20. The molecule has 0 radical (unpaired) electrons. The van der Waals surface area contributed by atoms with Crippen molar-refractivity contribution in [2.45, 2.75) is 18.8 Å². The van der Waals surface area contributed by atoms with Crippen molar-refractivity contribution < 1.29 is 9.84 Å². The van der Waals surface area contributed by atoms with Gasteiger partial charge in [-0.1, -0.05) is 19.1 Å². The second-order valence-corrected chi connectivity index (χ2v) is 4.88. The summed E-state index contributed by atoms with van der Waals surface area (Å²) in [4.78, 5) is 0. The molecule has 2 rings (SSSR count). The average Bonchev–Trinajstić information content (AvgIpc) is 2.97. The molecule has 0 bridgehead atoms. The van der Waals surface area contributed by atoms with E-state index in [9.17, 15) is 5.11 Å². The Morgan fingerprint density at radius 3 is 2.75 bits per heavy atom. The number of ether oxygens (including phenoxy) is 1. The first-order valence-electron chi connectivity index (χ1n) is 5.57. The molecule has 3 N–H and O–H groups in total. The molecule has 0 heterocycles. The molecule has 0 aromatic heterocycles. The van der Waals surface area contributed by atoms with Gasteiger partial charge in [0.25, 0.3) is 0 Å². The molecule has 3 heteroatoms. The molecule has 1 aromatic rings. The summed E-state index contributed by atoms with van der Waals surface area (Å²) in [5, 5.41) is 9.47. The molecule has 0 spiro atoms. The molecular formula is C13H19NO2. The van der Waals surface area contributed by atoms with E-state index in [1.165, 1.54) is 5.56 Å². The SMILES string of the molecule is COc1cccc(C2(C)CC2(CN)CO)c1. The quantitative estimate of drug-likeness (QED) is 0.805. The van der Waals surface area contributed by atoms with Crippen molar-refractivity contribution in [1.82, 2.24) is 0 Å². The van der Waals surface area contributed by atoms with Crippen LogP contribution in [-0.4, -0.2) is 25.4 Å². The molecule has 1 aliphatic rings. The third kappa shape index (κ3) is 1.43. The summed E-state index contributed by atoms with van der Waals surface area (Å²) in [7, 11) is 1.66. The van der Waals surface area contributed by atoms with Gasteiger partial charge < -0.3 is 15.6 Å². The van der Waals surface area contributed by atoms with E-state index in [1.807, 2.05) is 18.2 Å². The van der Waals surface area contributed by atoms with E-state index < -0.39 is 0 Å².